The lowest BCUT2D eigenvalue weighted by molar-refractivity contribution is 0.411. The number of anilines is 2. The van der Waals surface area contributed by atoms with Gasteiger partial charge in [-0.25, -0.2) is 13.4 Å². The summed E-state index contributed by atoms with van der Waals surface area (Å²) in [6, 6.07) is 8.17. The molecule has 0 bridgehead atoms. The summed E-state index contributed by atoms with van der Waals surface area (Å²) < 4.78 is 32.6. The van der Waals surface area contributed by atoms with Gasteiger partial charge in [-0.2, -0.15) is 0 Å². The van der Waals surface area contributed by atoms with Gasteiger partial charge in [0, 0.05) is 6.54 Å². The molecule has 0 amide bonds. The van der Waals surface area contributed by atoms with Crippen molar-refractivity contribution in [1.82, 2.24) is 4.98 Å². The van der Waals surface area contributed by atoms with Crippen LogP contribution < -0.4 is 14.8 Å². The quantitative estimate of drug-likeness (QED) is 0.748. The minimum Gasteiger partial charge on any atom is -0.496 e. The normalized spacial score (nSPS) is 11.4. The fraction of sp³-hybridized carbons (Fsp3) is 0.389. The van der Waals surface area contributed by atoms with Crippen LogP contribution in [0.2, 0.25) is 0 Å². The molecule has 1 heterocycles. The highest BCUT2D eigenvalue weighted by molar-refractivity contribution is 7.92. The van der Waals surface area contributed by atoms with Crippen LogP contribution >= 0.6 is 0 Å². The van der Waals surface area contributed by atoms with Crippen LogP contribution in [-0.4, -0.2) is 27.1 Å². The Balaban J connectivity index is 2.06. The Hall–Kier alpha value is -2.28. The van der Waals surface area contributed by atoms with Crippen molar-refractivity contribution in [2.45, 2.75) is 32.1 Å². The van der Waals surface area contributed by atoms with Gasteiger partial charge in [0.25, 0.3) is 10.0 Å². The lowest BCUT2D eigenvalue weighted by Crippen LogP contribution is -2.14. The van der Waals surface area contributed by atoms with Crippen molar-refractivity contribution >= 4 is 21.5 Å². The third kappa shape index (κ3) is 5.35. The van der Waals surface area contributed by atoms with Crippen LogP contribution in [0.15, 0.2) is 41.4 Å². The predicted octanol–water partition coefficient (Wildman–Crippen LogP) is 3.66. The number of ether oxygens (including phenoxy) is 1. The minimum absolute atomic E-state index is 0.173. The number of rotatable bonds is 8. The van der Waals surface area contributed by atoms with Crippen LogP contribution in [0.3, 0.4) is 0 Å². The van der Waals surface area contributed by atoms with Crippen molar-refractivity contribution in [3.8, 4) is 5.75 Å². The molecule has 1 aromatic heterocycles. The highest BCUT2D eigenvalue weighted by Crippen LogP contribution is 2.23. The van der Waals surface area contributed by atoms with E-state index in [0.717, 1.165) is 24.2 Å². The third-order valence-corrected chi connectivity index (χ3v) is 5.08. The first-order valence-electron chi connectivity index (χ1n) is 8.19. The molecule has 136 valence electrons. The van der Waals surface area contributed by atoms with Crippen LogP contribution in [0.1, 0.15) is 25.8 Å². The Bertz CT molecular complexity index is 803. The van der Waals surface area contributed by atoms with E-state index in [9.17, 15) is 8.42 Å². The van der Waals surface area contributed by atoms with Crippen LogP contribution in [0.4, 0.5) is 11.5 Å². The molecule has 0 spiro atoms. The number of pyridine rings is 1. The molecule has 2 aromatic rings. The van der Waals surface area contributed by atoms with Crippen LogP contribution in [0, 0.1) is 12.8 Å². The third-order valence-electron chi connectivity index (χ3n) is 3.73. The number of hydrogen-bond acceptors (Lipinski definition) is 5. The molecule has 0 fully saturated rings. The van der Waals surface area contributed by atoms with Crippen LogP contribution in [0.5, 0.6) is 5.75 Å². The summed E-state index contributed by atoms with van der Waals surface area (Å²) in [4.78, 5) is 4.34. The van der Waals surface area contributed by atoms with Gasteiger partial charge in [0.2, 0.25) is 0 Å². The zero-order chi connectivity index (χ0) is 18.4. The van der Waals surface area contributed by atoms with E-state index in [2.05, 4.69) is 28.9 Å². The number of sulfonamides is 1. The maximum atomic E-state index is 12.5. The van der Waals surface area contributed by atoms with Crippen molar-refractivity contribution in [2.24, 2.45) is 5.92 Å². The molecule has 7 heteroatoms. The molecule has 0 radical (unpaired) electrons. The van der Waals surface area contributed by atoms with E-state index in [1.165, 1.54) is 6.07 Å². The van der Waals surface area contributed by atoms with Gasteiger partial charge in [-0.1, -0.05) is 13.8 Å². The van der Waals surface area contributed by atoms with Crippen molar-refractivity contribution in [3.05, 3.63) is 42.1 Å². The average molecular weight is 363 g/mol. The molecule has 0 aliphatic rings. The van der Waals surface area contributed by atoms with Gasteiger partial charge in [-0.05, 0) is 55.2 Å². The number of aromatic nitrogens is 1. The molecule has 0 aliphatic carbocycles. The zero-order valence-corrected chi connectivity index (χ0v) is 15.9. The Morgan fingerprint density at radius 2 is 1.96 bits per heavy atom. The first-order chi connectivity index (χ1) is 11.8. The fourth-order valence-corrected chi connectivity index (χ4v) is 3.37. The summed E-state index contributed by atoms with van der Waals surface area (Å²) >= 11 is 0. The SMILES string of the molecule is COc1ccc(S(=O)(=O)Nc2ccc(NCCC(C)C)cn2)cc1C. The summed E-state index contributed by atoms with van der Waals surface area (Å²) in [5.41, 5.74) is 1.62. The van der Waals surface area contributed by atoms with Crippen molar-refractivity contribution < 1.29 is 13.2 Å². The Morgan fingerprint density at radius 3 is 2.52 bits per heavy atom. The standard InChI is InChI=1S/C18H25N3O3S/c1-13(2)9-10-19-15-5-8-18(20-12-15)21-25(22,23)16-6-7-17(24-4)14(3)11-16/h5-8,11-13,19H,9-10H2,1-4H3,(H,20,21). The lowest BCUT2D eigenvalue weighted by Gasteiger charge is -2.11. The Morgan fingerprint density at radius 1 is 1.20 bits per heavy atom. The van der Waals surface area contributed by atoms with E-state index in [4.69, 9.17) is 4.74 Å². The van der Waals surface area contributed by atoms with E-state index in [0.29, 0.717) is 11.7 Å². The van der Waals surface area contributed by atoms with Gasteiger partial charge in [0.15, 0.2) is 0 Å². The molecule has 6 nitrogen and oxygen atoms in total. The van der Waals surface area contributed by atoms with Gasteiger partial charge in [-0.15, -0.1) is 0 Å². The fourth-order valence-electron chi connectivity index (χ4n) is 2.28. The first kappa shape index (κ1) is 19.1. The summed E-state index contributed by atoms with van der Waals surface area (Å²) in [5.74, 6) is 1.55. The molecule has 0 atom stereocenters. The largest absolute Gasteiger partial charge is 0.496 e. The van der Waals surface area contributed by atoms with Crippen LogP contribution in [-0.2, 0) is 10.0 Å². The highest BCUT2D eigenvalue weighted by atomic mass is 32.2. The summed E-state index contributed by atoms with van der Waals surface area (Å²) in [5, 5.41) is 3.26. The van der Waals surface area contributed by atoms with Crippen molar-refractivity contribution in [3.63, 3.8) is 0 Å². The summed E-state index contributed by atoms with van der Waals surface area (Å²) in [6.07, 6.45) is 2.68. The Labute approximate surface area is 149 Å². The monoisotopic (exact) mass is 363 g/mol. The smallest absolute Gasteiger partial charge is 0.263 e. The van der Waals surface area contributed by atoms with Gasteiger partial charge in [0.1, 0.15) is 11.6 Å². The minimum atomic E-state index is -3.69. The Kier molecular flexibility index (Phi) is 6.25. The first-order valence-corrected chi connectivity index (χ1v) is 9.67. The molecule has 1 aromatic carbocycles. The van der Waals surface area contributed by atoms with Crippen molar-refractivity contribution in [1.29, 1.82) is 0 Å². The number of benzene rings is 1. The molecule has 0 saturated carbocycles. The van der Waals surface area contributed by atoms with E-state index < -0.39 is 10.0 Å². The number of methoxy groups -OCH3 is 1. The second-order valence-corrected chi connectivity index (χ2v) is 7.96. The average Bonchev–Trinajstić information content (AvgIpc) is 2.56. The molecule has 2 rings (SSSR count). The second kappa shape index (κ2) is 8.20. The summed E-state index contributed by atoms with van der Waals surface area (Å²) in [6.45, 7) is 6.99. The predicted molar refractivity (Wildman–Crippen MR) is 101 cm³/mol. The number of nitrogens with zero attached hydrogens (tertiary/aromatic N) is 1. The number of hydrogen-bond donors (Lipinski definition) is 2. The highest BCUT2D eigenvalue weighted by Gasteiger charge is 2.16. The molecule has 25 heavy (non-hydrogen) atoms. The molecule has 0 saturated heterocycles. The second-order valence-electron chi connectivity index (χ2n) is 6.28. The van der Waals surface area contributed by atoms with Crippen LogP contribution in [0.25, 0.3) is 0 Å². The van der Waals surface area contributed by atoms with Crippen molar-refractivity contribution in [2.75, 3.05) is 23.7 Å². The zero-order valence-electron chi connectivity index (χ0n) is 15.0. The molecule has 0 aliphatic heterocycles. The van der Waals surface area contributed by atoms with Gasteiger partial charge >= 0.3 is 0 Å². The van der Waals surface area contributed by atoms with E-state index >= 15 is 0 Å². The molecule has 0 unspecified atom stereocenters. The maximum Gasteiger partial charge on any atom is 0.263 e. The summed E-state index contributed by atoms with van der Waals surface area (Å²) in [7, 11) is -2.14. The topological polar surface area (TPSA) is 80.3 Å². The van der Waals surface area contributed by atoms with Gasteiger partial charge in [-0.3, -0.25) is 4.72 Å². The van der Waals surface area contributed by atoms with E-state index in [1.807, 2.05) is 6.07 Å². The van der Waals surface area contributed by atoms with E-state index in [-0.39, 0.29) is 10.7 Å². The maximum absolute atomic E-state index is 12.5. The number of nitrogens with one attached hydrogen (secondary N) is 2. The molecular weight excluding hydrogens is 338 g/mol. The van der Waals surface area contributed by atoms with Gasteiger partial charge in [0.05, 0.1) is 23.9 Å². The van der Waals surface area contributed by atoms with Gasteiger partial charge < -0.3 is 10.1 Å². The molecule has 2 N–H and O–H groups in total. The van der Waals surface area contributed by atoms with E-state index in [1.54, 1.807) is 38.4 Å². The lowest BCUT2D eigenvalue weighted by atomic mass is 10.1. The molecular formula is C18H25N3O3S. The number of aryl methyl sites for hydroxylation is 1.